The first-order chi connectivity index (χ1) is 10.0. The molecule has 2 N–H and O–H groups in total. The molecule has 0 spiro atoms. The number of anilines is 2. The highest BCUT2D eigenvalue weighted by atomic mass is 16.1. The monoisotopic (exact) mass is 283 g/mol. The normalized spacial score (nSPS) is 10.5. The van der Waals surface area contributed by atoms with Crippen molar-refractivity contribution >= 4 is 17.4 Å². The Labute approximate surface area is 125 Å². The Morgan fingerprint density at radius 2 is 2.05 bits per heavy atom. The van der Waals surface area contributed by atoms with E-state index >= 15 is 0 Å². The van der Waals surface area contributed by atoms with Gasteiger partial charge in [-0.3, -0.25) is 4.79 Å². The molecule has 0 fully saturated rings. The lowest BCUT2D eigenvalue weighted by Gasteiger charge is -2.10. The second-order valence-corrected chi connectivity index (χ2v) is 5.45. The molecule has 1 heterocycles. The lowest BCUT2D eigenvalue weighted by atomic mass is 10.1. The van der Waals surface area contributed by atoms with Gasteiger partial charge in [0.25, 0.3) is 0 Å². The molecule has 2 aromatic rings. The zero-order valence-corrected chi connectivity index (χ0v) is 12.7. The molecule has 21 heavy (non-hydrogen) atoms. The van der Waals surface area contributed by atoms with E-state index in [9.17, 15) is 4.79 Å². The topological polar surface area (TPSA) is 54.0 Å². The summed E-state index contributed by atoms with van der Waals surface area (Å²) in [7, 11) is 0. The van der Waals surface area contributed by atoms with E-state index in [1.54, 1.807) is 6.20 Å². The zero-order chi connectivity index (χ0) is 15.2. The fourth-order valence-electron chi connectivity index (χ4n) is 2.06. The van der Waals surface area contributed by atoms with Crippen LogP contribution in [0.4, 0.5) is 11.5 Å². The van der Waals surface area contributed by atoms with Gasteiger partial charge in [-0.2, -0.15) is 0 Å². The van der Waals surface area contributed by atoms with E-state index < -0.39 is 0 Å². The molecule has 0 atom stereocenters. The Morgan fingerprint density at radius 3 is 2.67 bits per heavy atom. The predicted octanol–water partition coefficient (Wildman–Crippen LogP) is 3.39. The van der Waals surface area contributed by atoms with Crippen LogP contribution < -0.4 is 10.6 Å². The standard InChI is InChI=1S/C17H21N3O/c1-12(2)19-16-8-7-15(11-18-16)20-17(21)10-14-6-4-5-13(3)9-14/h4-9,11-12H,10H2,1-3H3,(H,18,19)(H,20,21). The van der Waals surface area contributed by atoms with Gasteiger partial charge in [0.2, 0.25) is 5.91 Å². The number of carbonyl (C=O) groups is 1. The van der Waals surface area contributed by atoms with E-state index in [-0.39, 0.29) is 5.91 Å². The number of aromatic nitrogens is 1. The zero-order valence-electron chi connectivity index (χ0n) is 12.7. The number of benzene rings is 1. The summed E-state index contributed by atoms with van der Waals surface area (Å²) in [5.41, 5.74) is 2.88. The molecule has 0 unspecified atom stereocenters. The Bertz CT molecular complexity index is 606. The quantitative estimate of drug-likeness (QED) is 0.884. The van der Waals surface area contributed by atoms with Crippen LogP contribution in [0.1, 0.15) is 25.0 Å². The lowest BCUT2D eigenvalue weighted by Crippen LogP contribution is -2.15. The molecule has 0 aliphatic rings. The second-order valence-electron chi connectivity index (χ2n) is 5.45. The Kier molecular flexibility index (Phi) is 4.93. The molecule has 2 rings (SSSR count). The minimum Gasteiger partial charge on any atom is -0.368 e. The van der Waals surface area contributed by atoms with Gasteiger partial charge in [0.05, 0.1) is 18.3 Å². The number of pyridine rings is 1. The van der Waals surface area contributed by atoms with Crippen molar-refractivity contribution in [2.24, 2.45) is 0 Å². The van der Waals surface area contributed by atoms with Gasteiger partial charge >= 0.3 is 0 Å². The van der Waals surface area contributed by atoms with E-state index in [1.807, 2.05) is 43.3 Å². The summed E-state index contributed by atoms with van der Waals surface area (Å²) in [6.45, 7) is 6.13. The minimum atomic E-state index is -0.0352. The number of nitrogens with one attached hydrogen (secondary N) is 2. The summed E-state index contributed by atoms with van der Waals surface area (Å²) < 4.78 is 0. The Morgan fingerprint density at radius 1 is 1.24 bits per heavy atom. The molecule has 0 bridgehead atoms. The van der Waals surface area contributed by atoms with Gasteiger partial charge in [0.15, 0.2) is 0 Å². The van der Waals surface area contributed by atoms with Crippen molar-refractivity contribution in [3.63, 3.8) is 0 Å². The molecule has 0 saturated carbocycles. The summed E-state index contributed by atoms with van der Waals surface area (Å²) >= 11 is 0. The molecular formula is C17H21N3O. The highest BCUT2D eigenvalue weighted by molar-refractivity contribution is 5.92. The van der Waals surface area contributed by atoms with Gasteiger partial charge < -0.3 is 10.6 Å². The van der Waals surface area contributed by atoms with Crippen molar-refractivity contribution in [1.82, 2.24) is 4.98 Å². The van der Waals surface area contributed by atoms with Crippen molar-refractivity contribution in [2.75, 3.05) is 10.6 Å². The third kappa shape index (κ3) is 4.91. The Hall–Kier alpha value is -2.36. The molecule has 1 aromatic heterocycles. The van der Waals surface area contributed by atoms with Crippen LogP contribution in [0.15, 0.2) is 42.6 Å². The number of rotatable bonds is 5. The van der Waals surface area contributed by atoms with Crippen LogP contribution >= 0.6 is 0 Å². The summed E-state index contributed by atoms with van der Waals surface area (Å²) in [6, 6.07) is 12.0. The largest absolute Gasteiger partial charge is 0.368 e. The van der Waals surface area contributed by atoms with Crippen LogP contribution in [-0.2, 0) is 11.2 Å². The van der Waals surface area contributed by atoms with Crippen LogP contribution in [0.2, 0.25) is 0 Å². The maximum absolute atomic E-state index is 12.0. The number of hydrogen-bond donors (Lipinski definition) is 2. The van der Waals surface area contributed by atoms with Crippen molar-refractivity contribution in [3.05, 3.63) is 53.7 Å². The molecule has 4 heteroatoms. The molecule has 0 saturated heterocycles. The van der Waals surface area contributed by atoms with Crippen molar-refractivity contribution in [2.45, 2.75) is 33.2 Å². The fraction of sp³-hybridized carbons (Fsp3) is 0.294. The highest BCUT2D eigenvalue weighted by Crippen LogP contribution is 2.12. The molecule has 110 valence electrons. The summed E-state index contributed by atoms with van der Waals surface area (Å²) in [4.78, 5) is 16.3. The maximum Gasteiger partial charge on any atom is 0.228 e. The van der Waals surface area contributed by atoms with E-state index in [1.165, 1.54) is 0 Å². The van der Waals surface area contributed by atoms with E-state index in [0.717, 1.165) is 16.9 Å². The summed E-state index contributed by atoms with van der Waals surface area (Å²) in [5.74, 6) is 0.772. The van der Waals surface area contributed by atoms with Gasteiger partial charge in [-0.15, -0.1) is 0 Å². The Balaban J connectivity index is 1.93. The molecule has 0 aliphatic heterocycles. The molecule has 0 radical (unpaired) electrons. The first-order valence-electron chi connectivity index (χ1n) is 7.11. The summed E-state index contributed by atoms with van der Waals surface area (Å²) in [6.07, 6.45) is 2.03. The molecule has 1 aromatic carbocycles. The van der Waals surface area contributed by atoms with Crippen molar-refractivity contribution in [3.8, 4) is 0 Å². The fourth-order valence-corrected chi connectivity index (χ4v) is 2.06. The molecule has 1 amide bonds. The van der Waals surface area contributed by atoms with E-state index in [0.29, 0.717) is 18.2 Å². The highest BCUT2D eigenvalue weighted by Gasteiger charge is 2.05. The van der Waals surface area contributed by atoms with Crippen LogP contribution in [0.3, 0.4) is 0 Å². The summed E-state index contributed by atoms with van der Waals surface area (Å²) in [5, 5.41) is 6.07. The number of carbonyl (C=O) groups excluding carboxylic acids is 1. The smallest absolute Gasteiger partial charge is 0.228 e. The third-order valence-electron chi connectivity index (χ3n) is 2.93. The third-order valence-corrected chi connectivity index (χ3v) is 2.93. The van der Waals surface area contributed by atoms with Crippen LogP contribution in [0, 0.1) is 6.92 Å². The van der Waals surface area contributed by atoms with E-state index in [4.69, 9.17) is 0 Å². The SMILES string of the molecule is Cc1cccc(CC(=O)Nc2ccc(NC(C)C)nc2)c1. The second kappa shape index (κ2) is 6.88. The number of hydrogen-bond acceptors (Lipinski definition) is 3. The first kappa shape index (κ1) is 15.0. The predicted molar refractivity (Wildman–Crippen MR) is 86.5 cm³/mol. The first-order valence-corrected chi connectivity index (χ1v) is 7.11. The van der Waals surface area contributed by atoms with Gasteiger partial charge in [-0.05, 0) is 38.5 Å². The van der Waals surface area contributed by atoms with Gasteiger partial charge in [-0.25, -0.2) is 4.98 Å². The van der Waals surface area contributed by atoms with Gasteiger partial charge in [0.1, 0.15) is 5.82 Å². The average Bonchev–Trinajstić information content (AvgIpc) is 2.40. The van der Waals surface area contributed by atoms with Crippen LogP contribution in [-0.4, -0.2) is 16.9 Å². The van der Waals surface area contributed by atoms with E-state index in [2.05, 4.69) is 29.5 Å². The lowest BCUT2D eigenvalue weighted by molar-refractivity contribution is -0.115. The van der Waals surface area contributed by atoms with Crippen LogP contribution in [0.5, 0.6) is 0 Å². The number of nitrogens with zero attached hydrogens (tertiary/aromatic N) is 1. The van der Waals surface area contributed by atoms with Crippen molar-refractivity contribution in [1.29, 1.82) is 0 Å². The van der Waals surface area contributed by atoms with Crippen molar-refractivity contribution < 1.29 is 4.79 Å². The average molecular weight is 283 g/mol. The van der Waals surface area contributed by atoms with Gasteiger partial charge in [-0.1, -0.05) is 29.8 Å². The molecule has 4 nitrogen and oxygen atoms in total. The molecular weight excluding hydrogens is 262 g/mol. The molecule has 0 aliphatic carbocycles. The van der Waals surface area contributed by atoms with Gasteiger partial charge in [0, 0.05) is 6.04 Å². The van der Waals surface area contributed by atoms with Crippen LogP contribution in [0.25, 0.3) is 0 Å². The maximum atomic E-state index is 12.0. The number of amides is 1. The minimum absolute atomic E-state index is 0.0352. The number of aryl methyl sites for hydroxylation is 1.